The summed E-state index contributed by atoms with van der Waals surface area (Å²) < 4.78 is 5.44. The predicted octanol–water partition coefficient (Wildman–Crippen LogP) is 1.79. The molecule has 0 aromatic rings. The van der Waals surface area contributed by atoms with Gasteiger partial charge in [-0.3, -0.25) is 0 Å². The second kappa shape index (κ2) is 3.55. The summed E-state index contributed by atoms with van der Waals surface area (Å²) in [5.74, 6) is 0. The van der Waals surface area contributed by atoms with E-state index in [-0.39, 0.29) is 11.0 Å². The number of hydrogen-bond acceptors (Lipinski definition) is 2. The molecule has 0 fully saturated rings. The van der Waals surface area contributed by atoms with Crippen molar-refractivity contribution >= 4 is 0 Å². The number of ether oxygens (including phenoxy) is 1. The molecule has 0 aliphatic carbocycles. The first-order valence-corrected chi connectivity index (χ1v) is 4.07. The molecule has 2 heteroatoms. The maximum absolute atomic E-state index is 5.74. The van der Waals surface area contributed by atoms with Crippen LogP contribution in [-0.2, 0) is 4.74 Å². The third-order valence-electron chi connectivity index (χ3n) is 1.01. The Bertz CT molecular complexity index is 93.7. The molecule has 2 N–H and O–H groups in total. The fourth-order valence-corrected chi connectivity index (χ4v) is 0.620. The van der Waals surface area contributed by atoms with Crippen LogP contribution in [0, 0.1) is 5.41 Å². The molecule has 0 unspecified atom stereocenters. The van der Waals surface area contributed by atoms with E-state index < -0.39 is 0 Å². The maximum Gasteiger partial charge on any atom is 0.0641 e. The molecule has 0 aliphatic rings. The van der Waals surface area contributed by atoms with Crippen LogP contribution in [0.3, 0.4) is 0 Å². The molecule has 2 nitrogen and oxygen atoms in total. The first-order valence-electron chi connectivity index (χ1n) is 4.07. The van der Waals surface area contributed by atoms with Gasteiger partial charge >= 0.3 is 0 Å². The normalized spacial score (nSPS) is 13.6. The molecule has 0 aromatic carbocycles. The molecule has 0 aromatic heterocycles. The van der Waals surface area contributed by atoms with Crippen molar-refractivity contribution in [2.45, 2.75) is 40.2 Å². The van der Waals surface area contributed by atoms with E-state index in [0.717, 1.165) is 6.61 Å². The second-order valence-electron chi connectivity index (χ2n) is 5.04. The van der Waals surface area contributed by atoms with Crippen molar-refractivity contribution in [3.8, 4) is 0 Å². The van der Waals surface area contributed by atoms with Crippen LogP contribution in [0.2, 0.25) is 0 Å². The van der Waals surface area contributed by atoms with Gasteiger partial charge in [0.25, 0.3) is 0 Å². The Labute approximate surface area is 70.1 Å². The van der Waals surface area contributed by atoms with E-state index in [2.05, 4.69) is 20.8 Å². The quantitative estimate of drug-likeness (QED) is 0.681. The molecule has 11 heavy (non-hydrogen) atoms. The van der Waals surface area contributed by atoms with Crippen LogP contribution in [0.15, 0.2) is 0 Å². The molecule has 0 radical (unpaired) electrons. The number of nitrogens with two attached hydrogens (primary N) is 1. The van der Waals surface area contributed by atoms with Crippen LogP contribution in [0.25, 0.3) is 0 Å². The fraction of sp³-hybridized carbons (Fsp3) is 1.00. The van der Waals surface area contributed by atoms with Crippen LogP contribution >= 0.6 is 0 Å². The highest BCUT2D eigenvalue weighted by atomic mass is 16.5. The lowest BCUT2D eigenvalue weighted by molar-refractivity contribution is 0.0463. The second-order valence-corrected chi connectivity index (χ2v) is 5.04. The first kappa shape index (κ1) is 10.9. The van der Waals surface area contributed by atoms with E-state index in [4.69, 9.17) is 10.5 Å². The Morgan fingerprint density at radius 3 is 1.73 bits per heavy atom. The van der Waals surface area contributed by atoms with Crippen LogP contribution in [0.4, 0.5) is 0 Å². The van der Waals surface area contributed by atoms with Gasteiger partial charge in [0.2, 0.25) is 0 Å². The average molecular weight is 159 g/mol. The smallest absolute Gasteiger partial charge is 0.0641 e. The van der Waals surface area contributed by atoms with Gasteiger partial charge in [0.1, 0.15) is 0 Å². The summed E-state index contributed by atoms with van der Waals surface area (Å²) in [5, 5.41) is 0. The first-order chi connectivity index (χ1) is 4.71. The standard InChI is InChI=1S/C9H21NO/c1-8(2,3)6-11-7-9(4,5)10/h6-7,10H2,1-5H3. The molecule has 0 spiro atoms. The summed E-state index contributed by atoms with van der Waals surface area (Å²) >= 11 is 0. The third-order valence-corrected chi connectivity index (χ3v) is 1.01. The molecule has 0 atom stereocenters. The highest BCUT2D eigenvalue weighted by Crippen LogP contribution is 2.13. The largest absolute Gasteiger partial charge is 0.379 e. The van der Waals surface area contributed by atoms with Gasteiger partial charge in [-0.15, -0.1) is 0 Å². The van der Waals surface area contributed by atoms with Gasteiger partial charge in [-0.2, -0.15) is 0 Å². The van der Waals surface area contributed by atoms with E-state index >= 15 is 0 Å². The van der Waals surface area contributed by atoms with E-state index in [9.17, 15) is 0 Å². The van der Waals surface area contributed by atoms with Gasteiger partial charge in [0, 0.05) is 5.54 Å². The summed E-state index contributed by atoms with van der Waals surface area (Å²) in [7, 11) is 0. The zero-order valence-corrected chi connectivity index (χ0v) is 8.40. The molecule has 0 saturated heterocycles. The van der Waals surface area contributed by atoms with Crippen molar-refractivity contribution in [3.63, 3.8) is 0 Å². The van der Waals surface area contributed by atoms with Crippen molar-refractivity contribution < 1.29 is 4.74 Å². The lowest BCUT2D eigenvalue weighted by Crippen LogP contribution is -2.38. The van der Waals surface area contributed by atoms with Crippen LogP contribution in [-0.4, -0.2) is 18.8 Å². The minimum atomic E-state index is -0.203. The Hall–Kier alpha value is -0.0800. The van der Waals surface area contributed by atoms with Gasteiger partial charge in [0.05, 0.1) is 13.2 Å². The molecule has 0 heterocycles. The molecule has 0 bridgehead atoms. The molecule has 68 valence electrons. The number of rotatable bonds is 3. The summed E-state index contributed by atoms with van der Waals surface area (Å²) in [6, 6.07) is 0. The minimum Gasteiger partial charge on any atom is -0.379 e. The molecule has 0 rings (SSSR count). The van der Waals surface area contributed by atoms with Crippen molar-refractivity contribution in [1.82, 2.24) is 0 Å². The highest BCUT2D eigenvalue weighted by Gasteiger charge is 2.14. The van der Waals surface area contributed by atoms with Crippen molar-refractivity contribution in [2.75, 3.05) is 13.2 Å². The maximum atomic E-state index is 5.74. The fourth-order valence-electron chi connectivity index (χ4n) is 0.620. The van der Waals surface area contributed by atoms with Gasteiger partial charge in [-0.1, -0.05) is 20.8 Å². The topological polar surface area (TPSA) is 35.2 Å². The Morgan fingerprint density at radius 1 is 1.00 bits per heavy atom. The van der Waals surface area contributed by atoms with Crippen molar-refractivity contribution in [2.24, 2.45) is 11.1 Å². The molecule has 0 aliphatic heterocycles. The third kappa shape index (κ3) is 9.92. The van der Waals surface area contributed by atoms with Crippen LogP contribution < -0.4 is 5.73 Å². The average Bonchev–Trinajstić information content (AvgIpc) is 1.55. The summed E-state index contributed by atoms with van der Waals surface area (Å²) in [6.07, 6.45) is 0. The predicted molar refractivity (Wildman–Crippen MR) is 48.5 cm³/mol. The zero-order chi connectivity index (χ0) is 9.12. The van der Waals surface area contributed by atoms with Crippen molar-refractivity contribution in [1.29, 1.82) is 0 Å². The Balaban J connectivity index is 3.44. The SMILES string of the molecule is CC(C)(C)COCC(C)(C)N. The summed E-state index contributed by atoms with van der Waals surface area (Å²) in [4.78, 5) is 0. The zero-order valence-electron chi connectivity index (χ0n) is 8.40. The van der Waals surface area contributed by atoms with E-state index in [1.165, 1.54) is 0 Å². The molecular formula is C9H21NO. The lowest BCUT2D eigenvalue weighted by Gasteiger charge is -2.23. The minimum absolute atomic E-state index is 0.203. The van der Waals surface area contributed by atoms with Gasteiger partial charge in [0.15, 0.2) is 0 Å². The highest BCUT2D eigenvalue weighted by molar-refractivity contribution is 4.71. The summed E-state index contributed by atoms with van der Waals surface area (Å²) in [6.45, 7) is 11.8. The van der Waals surface area contributed by atoms with Gasteiger partial charge < -0.3 is 10.5 Å². The van der Waals surface area contributed by atoms with E-state index in [1.807, 2.05) is 13.8 Å². The molecule has 0 saturated carbocycles. The van der Waals surface area contributed by atoms with Crippen LogP contribution in [0.5, 0.6) is 0 Å². The Kier molecular flexibility index (Phi) is 3.52. The van der Waals surface area contributed by atoms with Gasteiger partial charge in [-0.05, 0) is 19.3 Å². The Morgan fingerprint density at radius 2 is 1.45 bits per heavy atom. The van der Waals surface area contributed by atoms with E-state index in [0.29, 0.717) is 6.61 Å². The molecule has 0 amide bonds. The van der Waals surface area contributed by atoms with Crippen LogP contribution in [0.1, 0.15) is 34.6 Å². The van der Waals surface area contributed by atoms with Crippen molar-refractivity contribution in [3.05, 3.63) is 0 Å². The van der Waals surface area contributed by atoms with Gasteiger partial charge in [-0.25, -0.2) is 0 Å². The molecular weight excluding hydrogens is 138 g/mol. The lowest BCUT2D eigenvalue weighted by atomic mass is 9.98. The monoisotopic (exact) mass is 159 g/mol. The number of hydrogen-bond donors (Lipinski definition) is 1. The van der Waals surface area contributed by atoms with E-state index in [1.54, 1.807) is 0 Å². The summed E-state index contributed by atoms with van der Waals surface area (Å²) in [5.41, 5.74) is 5.78.